The zero-order valence-corrected chi connectivity index (χ0v) is 20.3. The summed E-state index contributed by atoms with van der Waals surface area (Å²) in [6.45, 7) is 5.45. The zero-order valence-electron chi connectivity index (χ0n) is 19.5. The molecule has 1 atom stereocenters. The van der Waals surface area contributed by atoms with E-state index in [1.54, 1.807) is 4.31 Å². The summed E-state index contributed by atoms with van der Waals surface area (Å²) in [5.74, 6) is -2.53. The number of alkyl halides is 3. The number of pyridine rings is 1. The highest BCUT2D eigenvalue weighted by molar-refractivity contribution is 7.93. The summed E-state index contributed by atoms with van der Waals surface area (Å²) in [7, 11) is -1.14. The summed E-state index contributed by atoms with van der Waals surface area (Å²) in [5.41, 5.74) is 5.06. The van der Waals surface area contributed by atoms with Crippen LogP contribution in [0.1, 0.15) is 36.2 Å². The number of carboxylic acid groups (broad SMARTS) is 1. The molecule has 0 aliphatic carbocycles. The summed E-state index contributed by atoms with van der Waals surface area (Å²) in [5, 5.41) is 7.12. The third-order valence-electron chi connectivity index (χ3n) is 5.88. The van der Waals surface area contributed by atoms with Gasteiger partial charge in [0.1, 0.15) is 5.65 Å². The largest absolute Gasteiger partial charge is 0.490 e. The molecule has 1 saturated heterocycles. The van der Waals surface area contributed by atoms with Crippen molar-refractivity contribution in [3.63, 3.8) is 0 Å². The number of aryl methyl sites for hydroxylation is 1. The van der Waals surface area contributed by atoms with Gasteiger partial charge in [0.15, 0.2) is 0 Å². The molecular weight excluding hydrogens is 485 g/mol. The van der Waals surface area contributed by atoms with E-state index in [4.69, 9.17) is 9.90 Å². The summed E-state index contributed by atoms with van der Waals surface area (Å²) < 4.78 is 60.3. The Morgan fingerprint density at radius 2 is 1.89 bits per heavy atom. The van der Waals surface area contributed by atoms with Crippen molar-refractivity contribution in [1.82, 2.24) is 14.3 Å². The first-order valence-electron chi connectivity index (χ1n) is 10.8. The van der Waals surface area contributed by atoms with Crippen molar-refractivity contribution < 1.29 is 31.5 Å². The van der Waals surface area contributed by atoms with Crippen LogP contribution in [0, 0.1) is 6.92 Å². The summed E-state index contributed by atoms with van der Waals surface area (Å²) in [4.78, 5) is 15.7. The molecule has 1 fully saturated rings. The Balaban J connectivity index is 0.000000429. The number of hydrogen-bond donors (Lipinski definition) is 1. The number of nitrogens with zero attached hydrogens (tertiary/aromatic N) is 4. The maximum atomic E-state index is 12.4. The fourth-order valence-electron chi connectivity index (χ4n) is 3.93. The fraction of sp³-hybridized carbons (Fsp3) is 0.391. The Labute approximate surface area is 201 Å². The van der Waals surface area contributed by atoms with Crippen LogP contribution in [0.2, 0.25) is 0 Å². The summed E-state index contributed by atoms with van der Waals surface area (Å²) >= 11 is 0. The lowest BCUT2D eigenvalue weighted by molar-refractivity contribution is -0.192. The monoisotopic (exact) mass is 512 g/mol. The van der Waals surface area contributed by atoms with Crippen molar-refractivity contribution in [1.29, 1.82) is 0 Å². The van der Waals surface area contributed by atoms with Crippen LogP contribution in [0.15, 0.2) is 48.8 Å². The molecule has 1 aliphatic heterocycles. The average molecular weight is 513 g/mol. The lowest BCUT2D eigenvalue weighted by Crippen LogP contribution is -2.29. The van der Waals surface area contributed by atoms with Gasteiger partial charge in [0.05, 0.1) is 23.3 Å². The third-order valence-corrected chi connectivity index (χ3v) is 7.73. The van der Waals surface area contributed by atoms with Crippen molar-refractivity contribution in [3.05, 3.63) is 65.6 Å². The molecule has 1 N–H and O–H groups in total. The predicted octanol–water partition coefficient (Wildman–Crippen LogP) is 4.01. The molecule has 3 aromatic rings. The predicted molar refractivity (Wildman–Crippen MR) is 126 cm³/mol. The number of carboxylic acids is 1. The van der Waals surface area contributed by atoms with Gasteiger partial charge in [0, 0.05) is 25.3 Å². The third kappa shape index (κ3) is 5.93. The van der Waals surface area contributed by atoms with Gasteiger partial charge in [0.2, 0.25) is 10.0 Å². The minimum atomic E-state index is -5.08. The molecule has 8 nitrogen and oxygen atoms in total. The molecule has 0 amide bonds. The molecule has 35 heavy (non-hydrogen) atoms. The van der Waals surface area contributed by atoms with E-state index in [0.717, 1.165) is 28.2 Å². The van der Waals surface area contributed by atoms with Gasteiger partial charge in [-0.05, 0) is 50.6 Å². The molecular formula is C23H27F3N4O4S. The number of anilines is 1. The molecule has 0 radical (unpaired) electrons. The van der Waals surface area contributed by atoms with E-state index in [-0.39, 0.29) is 11.8 Å². The second kappa shape index (κ2) is 10.2. The fourth-order valence-corrected chi connectivity index (χ4v) is 5.51. The minimum absolute atomic E-state index is 0.0577. The van der Waals surface area contributed by atoms with Gasteiger partial charge in [-0.1, -0.05) is 24.3 Å². The number of rotatable bonds is 5. The van der Waals surface area contributed by atoms with E-state index in [9.17, 15) is 21.6 Å². The standard InChI is InChI=1S/C21H26N4O2S.C2HF3O2/c1-16-8-6-11-24-18(14-22-21(16)24)15-23(3)17(2)19-9-4-5-10-20(19)25-12-7-13-28(25,26)27;3-2(4,5)1(6)7/h4-6,8-11,14,17H,7,12-13,15H2,1-3H3;(H,6,7). The number of benzene rings is 1. The molecule has 190 valence electrons. The second-order valence-electron chi connectivity index (χ2n) is 8.33. The van der Waals surface area contributed by atoms with Gasteiger partial charge >= 0.3 is 12.1 Å². The van der Waals surface area contributed by atoms with Crippen molar-refractivity contribution >= 4 is 27.3 Å². The normalized spacial score (nSPS) is 16.3. The number of aliphatic carboxylic acids is 1. The highest BCUT2D eigenvalue weighted by Crippen LogP contribution is 2.33. The highest BCUT2D eigenvalue weighted by Gasteiger charge is 2.38. The van der Waals surface area contributed by atoms with E-state index >= 15 is 0 Å². The van der Waals surface area contributed by atoms with E-state index in [2.05, 4.69) is 41.2 Å². The molecule has 4 rings (SSSR count). The lowest BCUT2D eigenvalue weighted by Gasteiger charge is -2.29. The zero-order chi connectivity index (χ0) is 26.0. The Hall–Kier alpha value is -3.12. The summed E-state index contributed by atoms with van der Waals surface area (Å²) in [6.07, 6.45) is -0.446. The van der Waals surface area contributed by atoms with Crippen LogP contribution >= 0.6 is 0 Å². The van der Waals surface area contributed by atoms with E-state index in [1.165, 1.54) is 0 Å². The first-order valence-corrected chi connectivity index (χ1v) is 12.4. The van der Waals surface area contributed by atoms with Crippen molar-refractivity contribution in [3.8, 4) is 0 Å². The van der Waals surface area contributed by atoms with Gasteiger partial charge in [-0.25, -0.2) is 18.2 Å². The van der Waals surface area contributed by atoms with Crippen molar-refractivity contribution in [2.75, 3.05) is 23.7 Å². The number of halogens is 3. The Morgan fingerprint density at radius 3 is 2.49 bits per heavy atom. The Bertz CT molecular complexity index is 1310. The van der Waals surface area contributed by atoms with Crippen molar-refractivity contribution in [2.24, 2.45) is 0 Å². The maximum Gasteiger partial charge on any atom is 0.490 e. The van der Waals surface area contributed by atoms with Crippen LogP contribution in [-0.2, 0) is 21.4 Å². The molecule has 1 unspecified atom stereocenters. The minimum Gasteiger partial charge on any atom is -0.475 e. The second-order valence-corrected chi connectivity index (χ2v) is 10.3. The first-order chi connectivity index (χ1) is 16.3. The number of imidazole rings is 1. The van der Waals surface area contributed by atoms with Crippen LogP contribution in [-0.4, -0.2) is 59.3 Å². The number of para-hydroxylation sites is 1. The highest BCUT2D eigenvalue weighted by atomic mass is 32.2. The number of hydrogen-bond acceptors (Lipinski definition) is 5. The van der Waals surface area contributed by atoms with Crippen LogP contribution in [0.25, 0.3) is 5.65 Å². The van der Waals surface area contributed by atoms with E-state index in [0.29, 0.717) is 19.5 Å². The molecule has 2 aromatic heterocycles. The van der Waals surface area contributed by atoms with Gasteiger partial charge in [-0.2, -0.15) is 13.2 Å². The van der Waals surface area contributed by atoms with Gasteiger partial charge in [-0.3, -0.25) is 9.21 Å². The van der Waals surface area contributed by atoms with Crippen molar-refractivity contribution in [2.45, 2.75) is 39.0 Å². The molecule has 0 saturated carbocycles. The lowest BCUT2D eigenvalue weighted by atomic mass is 10.0. The van der Waals surface area contributed by atoms with E-state index < -0.39 is 22.2 Å². The quantitative estimate of drug-likeness (QED) is 0.555. The Kier molecular flexibility index (Phi) is 7.75. The number of aromatic nitrogens is 2. The summed E-state index contributed by atoms with van der Waals surface area (Å²) in [6, 6.07) is 12.0. The van der Waals surface area contributed by atoms with Gasteiger partial charge < -0.3 is 9.51 Å². The topological polar surface area (TPSA) is 95.2 Å². The van der Waals surface area contributed by atoms with Gasteiger partial charge in [-0.15, -0.1) is 0 Å². The van der Waals surface area contributed by atoms with Crippen LogP contribution < -0.4 is 4.31 Å². The number of sulfonamides is 1. The SMILES string of the molecule is Cc1cccn2c(CN(C)C(C)c3ccccc3N3CCCS3(=O)=O)cnc12.O=C(O)C(F)(F)F. The average Bonchev–Trinajstić information content (AvgIpc) is 3.36. The number of carbonyl (C=O) groups is 1. The molecule has 1 aliphatic rings. The Morgan fingerprint density at radius 1 is 1.23 bits per heavy atom. The van der Waals surface area contributed by atoms with E-state index in [1.807, 2.05) is 42.7 Å². The molecule has 0 spiro atoms. The molecule has 3 heterocycles. The number of fused-ring (bicyclic) bond motifs is 1. The van der Waals surface area contributed by atoms with Crippen LogP contribution in [0.5, 0.6) is 0 Å². The molecule has 0 bridgehead atoms. The smallest absolute Gasteiger partial charge is 0.475 e. The molecule has 12 heteroatoms. The van der Waals surface area contributed by atoms with Crippen LogP contribution in [0.4, 0.5) is 18.9 Å². The van der Waals surface area contributed by atoms with Gasteiger partial charge in [0.25, 0.3) is 0 Å². The first kappa shape index (κ1) is 26.5. The van der Waals surface area contributed by atoms with Crippen LogP contribution in [0.3, 0.4) is 0 Å². The maximum absolute atomic E-state index is 12.4. The molecule has 1 aromatic carbocycles.